The van der Waals surface area contributed by atoms with Gasteiger partial charge in [0.2, 0.25) is 5.91 Å². The summed E-state index contributed by atoms with van der Waals surface area (Å²) in [7, 11) is 1.68. The molecular formula is C21H22ClN3O2S. The summed E-state index contributed by atoms with van der Waals surface area (Å²) in [5.74, 6) is 0.0297. The number of ether oxygens (including phenoxy) is 1. The van der Waals surface area contributed by atoms with Gasteiger partial charge in [-0.1, -0.05) is 53.7 Å². The number of rotatable bonds is 8. The van der Waals surface area contributed by atoms with Crippen LogP contribution < -0.4 is 5.32 Å². The van der Waals surface area contributed by atoms with Crippen molar-refractivity contribution in [1.82, 2.24) is 14.9 Å². The second-order valence-corrected chi connectivity index (χ2v) is 8.37. The van der Waals surface area contributed by atoms with E-state index in [9.17, 15) is 4.79 Å². The lowest BCUT2D eigenvalue weighted by Crippen LogP contribution is -2.30. The number of nitrogens with zero attached hydrogens (tertiary/aromatic N) is 2. The first-order valence-electron chi connectivity index (χ1n) is 9.32. The zero-order chi connectivity index (χ0) is 19.5. The fraction of sp³-hybridized carbons (Fsp3) is 0.333. The SMILES string of the molecule is COCCn1c(SC(C(=O)NC2CC2)c2ccccc2)nc2cc(Cl)ccc21. The molecule has 1 unspecified atom stereocenters. The van der Waals surface area contributed by atoms with E-state index in [0.29, 0.717) is 24.2 Å². The maximum atomic E-state index is 13.0. The van der Waals surface area contributed by atoms with Crippen LogP contribution in [-0.2, 0) is 16.1 Å². The normalized spacial score (nSPS) is 14.9. The number of hydrogen-bond donors (Lipinski definition) is 1. The average molecular weight is 416 g/mol. The van der Waals surface area contributed by atoms with Gasteiger partial charge >= 0.3 is 0 Å². The van der Waals surface area contributed by atoms with E-state index in [1.54, 1.807) is 7.11 Å². The summed E-state index contributed by atoms with van der Waals surface area (Å²) in [6.45, 7) is 1.22. The third kappa shape index (κ3) is 4.35. The van der Waals surface area contributed by atoms with Crippen LogP contribution in [-0.4, -0.2) is 35.2 Å². The second kappa shape index (κ2) is 8.55. The molecule has 2 aromatic carbocycles. The van der Waals surface area contributed by atoms with Crippen LogP contribution in [0.3, 0.4) is 0 Å². The number of carbonyl (C=O) groups is 1. The summed E-state index contributed by atoms with van der Waals surface area (Å²) in [5, 5.41) is 4.20. The number of hydrogen-bond acceptors (Lipinski definition) is 4. The molecule has 1 atom stereocenters. The van der Waals surface area contributed by atoms with E-state index < -0.39 is 0 Å². The maximum Gasteiger partial charge on any atom is 0.238 e. The van der Waals surface area contributed by atoms with Gasteiger partial charge in [0.1, 0.15) is 5.25 Å². The van der Waals surface area contributed by atoms with Crippen LogP contribution in [0.2, 0.25) is 5.02 Å². The summed E-state index contributed by atoms with van der Waals surface area (Å²) >= 11 is 7.63. The Morgan fingerprint density at radius 3 is 2.82 bits per heavy atom. The molecule has 0 bridgehead atoms. The van der Waals surface area contributed by atoms with Crippen LogP contribution in [0.25, 0.3) is 11.0 Å². The predicted octanol–water partition coefficient (Wildman–Crippen LogP) is 4.45. The van der Waals surface area contributed by atoms with Crippen molar-refractivity contribution in [2.45, 2.75) is 35.8 Å². The Morgan fingerprint density at radius 2 is 2.11 bits per heavy atom. The van der Waals surface area contributed by atoms with Crippen molar-refractivity contribution in [2.24, 2.45) is 0 Å². The van der Waals surface area contributed by atoms with Crippen molar-refractivity contribution in [3.05, 3.63) is 59.1 Å². The number of halogens is 1. The van der Waals surface area contributed by atoms with Gasteiger partial charge in [-0.25, -0.2) is 4.98 Å². The molecule has 4 rings (SSSR count). The first-order valence-corrected chi connectivity index (χ1v) is 10.6. The quantitative estimate of drug-likeness (QED) is 0.552. The zero-order valence-electron chi connectivity index (χ0n) is 15.6. The molecular weight excluding hydrogens is 394 g/mol. The number of methoxy groups -OCH3 is 1. The average Bonchev–Trinajstić information content (AvgIpc) is 3.45. The Hall–Kier alpha value is -2.02. The van der Waals surface area contributed by atoms with Crippen LogP contribution in [0.4, 0.5) is 0 Å². The van der Waals surface area contributed by atoms with Gasteiger partial charge in [-0.2, -0.15) is 0 Å². The molecule has 3 aromatic rings. The lowest BCUT2D eigenvalue weighted by molar-refractivity contribution is -0.120. The third-order valence-corrected chi connectivity index (χ3v) is 6.16. The minimum absolute atomic E-state index is 0.0297. The first-order chi connectivity index (χ1) is 13.7. The molecule has 1 aliphatic rings. The molecule has 1 fully saturated rings. The molecule has 1 saturated carbocycles. The third-order valence-electron chi connectivity index (χ3n) is 4.68. The maximum absolute atomic E-state index is 13.0. The number of nitrogens with one attached hydrogen (secondary N) is 1. The molecule has 5 nitrogen and oxygen atoms in total. The van der Waals surface area contributed by atoms with Crippen LogP contribution in [0.1, 0.15) is 23.7 Å². The zero-order valence-corrected chi connectivity index (χ0v) is 17.2. The minimum Gasteiger partial charge on any atom is -0.383 e. The van der Waals surface area contributed by atoms with Crippen LogP contribution >= 0.6 is 23.4 Å². The summed E-state index contributed by atoms with van der Waals surface area (Å²) in [6, 6.07) is 15.8. The van der Waals surface area contributed by atoms with E-state index in [1.165, 1.54) is 11.8 Å². The van der Waals surface area contributed by atoms with Crippen molar-refractivity contribution < 1.29 is 9.53 Å². The second-order valence-electron chi connectivity index (χ2n) is 6.86. The molecule has 1 aromatic heterocycles. The summed E-state index contributed by atoms with van der Waals surface area (Å²) in [6.07, 6.45) is 2.12. The van der Waals surface area contributed by atoms with E-state index in [4.69, 9.17) is 21.3 Å². The molecule has 28 heavy (non-hydrogen) atoms. The first kappa shape index (κ1) is 19.3. The molecule has 0 spiro atoms. The Labute approximate surface area is 173 Å². The Bertz CT molecular complexity index is 972. The fourth-order valence-corrected chi connectivity index (χ4v) is 4.39. The number of carbonyl (C=O) groups excluding carboxylic acids is 1. The van der Waals surface area contributed by atoms with Crippen LogP contribution in [0, 0.1) is 0 Å². The highest BCUT2D eigenvalue weighted by Crippen LogP contribution is 2.37. The van der Waals surface area contributed by atoms with Crippen molar-refractivity contribution in [3.8, 4) is 0 Å². The number of fused-ring (bicyclic) bond motifs is 1. The topological polar surface area (TPSA) is 56.1 Å². The number of imidazole rings is 1. The van der Waals surface area contributed by atoms with Gasteiger partial charge in [0.25, 0.3) is 0 Å². The van der Waals surface area contributed by atoms with Gasteiger partial charge in [-0.05, 0) is 36.6 Å². The van der Waals surface area contributed by atoms with Gasteiger partial charge in [0.05, 0.1) is 17.6 Å². The summed E-state index contributed by atoms with van der Waals surface area (Å²) in [5.41, 5.74) is 2.77. The fourth-order valence-electron chi connectivity index (χ4n) is 3.08. The number of amides is 1. The van der Waals surface area contributed by atoms with Crippen LogP contribution in [0.5, 0.6) is 0 Å². The van der Waals surface area contributed by atoms with E-state index in [2.05, 4.69) is 9.88 Å². The Balaban J connectivity index is 1.70. The van der Waals surface area contributed by atoms with Crippen molar-refractivity contribution >= 4 is 40.3 Å². The smallest absolute Gasteiger partial charge is 0.238 e. The summed E-state index contributed by atoms with van der Waals surface area (Å²) in [4.78, 5) is 17.8. The largest absolute Gasteiger partial charge is 0.383 e. The van der Waals surface area contributed by atoms with Crippen molar-refractivity contribution in [2.75, 3.05) is 13.7 Å². The molecule has 1 aliphatic carbocycles. The Kier molecular flexibility index (Phi) is 5.90. The molecule has 0 radical (unpaired) electrons. The number of thioether (sulfide) groups is 1. The molecule has 0 aliphatic heterocycles. The number of benzene rings is 2. The van der Waals surface area contributed by atoms with E-state index >= 15 is 0 Å². The molecule has 1 N–H and O–H groups in total. The van der Waals surface area contributed by atoms with E-state index in [-0.39, 0.29) is 11.2 Å². The lowest BCUT2D eigenvalue weighted by Gasteiger charge is -2.17. The summed E-state index contributed by atoms with van der Waals surface area (Å²) < 4.78 is 7.37. The van der Waals surface area contributed by atoms with Crippen LogP contribution in [0.15, 0.2) is 53.7 Å². The van der Waals surface area contributed by atoms with Gasteiger partial charge in [0, 0.05) is 24.7 Å². The Morgan fingerprint density at radius 1 is 1.32 bits per heavy atom. The minimum atomic E-state index is -0.365. The highest BCUT2D eigenvalue weighted by atomic mass is 35.5. The number of aromatic nitrogens is 2. The van der Waals surface area contributed by atoms with Gasteiger partial charge < -0.3 is 14.6 Å². The molecule has 7 heteroatoms. The van der Waals surface area contributed by atoms with Gasteiger partial charge in [-0.3, -0.25) is 4.79 Å². The lowest BCUT2D eigenvalue weighted by atomic mass is 10.1. The van der Waals surface area contributed by atoms with Crippen molar-refractivity contribution in [3.63, 3.8) is 0 Å². The molecule has 1 amide bonds. The highest BCUT2D eigenvalue weighted by Gasteiger charge is 2.30. The van der Waals surface area contributed by atoms with Gasteiger partial charge in [-0.15, -0.1) is 0 Å². The monoisotopic (exact) mass is 415 g/mol. The van der Waals surface area contributed by atoms with Crippen molar-refractivity contribution in [1.29, 1.82) is 0 Å². The highest BCUT2D eigenvalue weighted by molar-refractivity contribution is 8.00. The molecule has 146 valence electrons. The standard InChI is InChI=1S/C21H22ClN3O2S/c1-27-12-11-25-18-10-7-15(22)13-17(18)24-21(25)28-19(14-5-3-2-4-6-14)20(26)23-16-8-9-16/h2-7,10,13,16,19H,8-9,11-12H2,1H3,(H,23,26). The predicted molar refractivity (Wildman–Crippen MR) is 113 cm³/mol. The van der Waals surface area contributed by atoms with Gasteiger partial charge in [0.15, 0.2) is 5.16 Å². The van der Waals surface area contributed by atoms with E-state index in [1.807, 2.05) is 48.5 Å². The molecule has 0 saturated heterocycles. The molecule has 1 heterocycles. The van der Waals surface area contributed by atoms with E-state index in [0.717, 1.165) is 34.6 Å².